The van der Waals surface area contributed by atoms with E-state index in [0.29, 0.717) is 23.6 Å². The van der Waals surface area contributed by atoms with E-state index in [1.807, 2.05) is 43.5 Å². The highest BCUT2D eigenvalue weighted by atomic mass is 32.1. The Morgan fingerprint density at radius 2 is 1.97 bits per heavy atom. The van der Waals surface area contributed by atoms with Crippen molar-refractivity contribution in [1.82, 2.24) is 4.98 Å². The number of ether oxygens (including phenoxy) is 2. The monoisotopic (exact) mass is 422 g/mol. The van der Waals surface area contributed by atoms with Gasteiger partial charge < -0.3 is 14.8 Å². The molecule has 1 amide bonds. The lowest BCUT2D eigenvalue weighted by Gasteiger charge is -2.09. The van der Waals surface area contributed by atoms with Crippen molar-refractivity contribution in [3.8, 4) is 5.75 Å². The first-order valence-electron chi connectivity index (χ1n) is 9.27. The van der Waals surface area contributed by atoms with Gasteiger partial charge in [-0.1, -0.05) is 24.3 Å². The number of carbonyl (C=O) groups excluding carboxylic acids is 2. The summed E-state index contributed by atoms with van der Waals surface area (Å²) < 4.78 is 10.6. The van der Waals surface area contributed by atoms with Gasteiger partial charge in [0.25, 0.3) is 0 Å². The number of anilines is 1. The Balaban J connectivity index is 1.69. The predicted molar refractivity (Wildman–Crippen MR) is 118 cm³/mol. The Morgan fingerprint density at radius 1 is 1.17 bits per heavy atom. The van der Waals surface area contributed by atoms with Crippen LogP contribution in [0.15, 0.2) is 53.9 Å². The van der Waals surface area contributed by atoms with Gasteiger partial charge in [0.2, 0.25) is 5.91 Å². The number of aromatic nitrogens is 1. The summed E-state index contributed by atoms with van der Waals surface area (Å²) in [5.74, 6) is -0.108. The summed E-state index contributed by atoms with van der Waals surface area (Å²) in [5, 5.41) is 5.75. The molecule has 7 heteroatoms. The maximum Gasteiger partial charge on any atom is 0.337 e. The summed E-state index contributed by atoms with van der Waals surface area (Å²) in [6.07, 6.45) is 3.12. The van der Waals surface area contributed by atoms with Crippen LogP contribution in [0.25, 0.3) is 6.08 Å². The second-order valence-corrected chi connectivity index (χ2v) is 7.59. The van der Waals surface area contributed by atoms with E-state index in [2.05, 4.69) is 10.3 Å². The molecule has 0 spiro atoms. The highest BCUT2D eigenvalue weighted by Crippen LogP contribution is 2.22. The van der Waals surface area contributed by atoms with E-state index in [4.69, 9.17) is 9.47 Å². The van der Waals surface area contributed by atoms with Crippen LogP contribution in [0.1, 0.15) is 32.2 Å². The number of amides is 1. The lowest BCUT2D eigenvalue weighted by atomic mass is 10.1. The molecule has 0 saturated carbocycles. The number of hydrogen-bond acceptors (Lipinski definition) is 6. The van der Waals surface area contributed by atoms with Crippen LogP contribution in [-0.2, 0) is 16.1 Å². The van der Waals surface area contributed by atoms with Gasteiger partial charge in [0.05, 0.1) is 23.4 Å². The average Bonchev–Trinajstić information content (AvgIpc) is 3.17. The van der Waals surface area contributed by atoms with Crippen molar-refractivity contribution in [1.29, 1.82) is 0 Å². The normalized spacial score (nSPS) is 10.8. The first-order chi connectivity index (χ1) is 14.5. The van der Waals surface area contributed by atoms with Gasteiger partial charge in [-0.15, -0.1) is 11.3 Å². The van der Waals surface area contributed by atoms with Crippen LogP contribution in [0, 0.1) is 13.8 Å². The second-order valence-electron chi connectivity index (χ2n) is 6.53. The largest absolute Gasteiger partial charge is 0.487 e. The molecule has 30 heavy (non-hydrogen) atoms. The molecule has 0 saturated heterocycles. The number of benzene rings is 2. The smallest absolute Gasteiger partial charge is 0.337 e. The third kappa shape index (κ3) is 5.55. The van der Waals surface area contributed by atoms with E-state index in [9.17, 15) is 9.59 Å². The quantitative estimate of drug-likeness (QED) is 0.438. The Morgan fingerprint density at radius 3 is 2.70 bits per heavy atom. The van der Waals surface area contributed by atoms with Crippen LogP contribution in [0.3, 0.4) is 0 Å². The summed E-state index contributed by atoms with van der Waals surface area (Å²) in [6, 6.07) is 12.5. The lowest BCUT2D eigenvalue weighted by molar-refractivity contribution is -0.111. The van der Waals surface area contributed by atoms with Crippen LogP contribution in [0.4, 0.5) is 5.69 Å². The molecule has 1 N–H and O–H groups in total. The van der Waals surface area contributed by atoms with Crippen LogP contribution in [0.2, 0.25) is 0 Å². The van der Waals surface area contributed by atoms with Crippen molar-refractivity contribution < 1.29 is 19.1 Å². The number of rotatable bonds is 7. The van der Waals surface area contributed by atoms with Gasteiger partial charge in [-0.2, -0.15) is 0 Å². The number of hydrogen-bond donors (Lipinski definition) is 1. The van der Waals surface area contributed by atoms with Crippen molar-refractivity contribution in [3.63, 3.8) is 0 Å². The Bertz CT molecular complexity index is 1090. The maximum atomic E-state index is 12.4. The number of methoxy groups -OCH3 is 1. The molecule has 0 aliphatic carbocycles. The number of thiazole rings is 1. The van der Waals surface area contributed by atoms with E-state index in [0.717, 1.165) is 21.8 Å². The predicted octanol–water partition coefficient (Wildman–Crippen LogP) is 4.78. The van der Waals surface area contributed by atoms with Crippen molar-refractivity contribution in [2.45, 2.75) is 20.5 Å². The molecule has 0 aliphatic heterocycles. The minimum absolute atomic E-state index is 0.315. The fourth-order valence-electron chi connectivity index (χ4n) is 2.72. The van der Waals surface area contributed by atoms with Crippen LogP contribution < -0.4 is 10.1 Å². The zero-order valence-corrected chi connectivity index (χ0v) is 17.8. The van der Waals surface area contributed by atoms with Gasteiger partial charge in [0.1, 0.15) is 12.4 Å². The van der Waals surface area contributed by atoms with Crippen LogP contribution in [0.5, 0.6) is 5.75 Å². The van der Waals surface area contributed by atoms with Gasteiger partial charge in [-0.3, -0.25) is 4.79 Å². The minimum atomic E-state index is -0.456. The molecular weight excluding hydrogens is 400 g/mol. The minimum Gasteiger partial charge on any atom is -0.487 e. The number of nitrogens with zero attached hydrogens (tertiary/aromatic N) is 1. The highest BCUT2D eigenvalue weighted by molar-refractivity contribution is 7.09. The lowest BCUT2D eigenvalue weighted by Crippen LogP contribution is -2.10. The third-order valence-corrected chi connectivity index (χ3v) is 5.11. The van der Waals surface area contributed by atoms with Crippen molar-refractivity contribution in [2.24, 2.45) is 0 Å². The molecule has 1 heterocycles. The van der Waals surface area contributed by atoms with Gasteiger partial charge in [-0.05, 0) is 43.7 Å². The average molecular weight is 423 g/mol. The van der Waals surface area contributed by atoms with Crippen molar-refractivity contribution >= 4 is 35.0 Å². The fraction of sp³-hybridized carbons (Fsp3) is 0.174. The van der Waals surface area contributed by atoms with Crippen molar-refractivity contribution in [2.75, 3.05) is 12.4 Å². The Hall–Kier alpha value is -3.45. The zero-order chi connectivity index (χ0) is 21.5. The molecule has 0 aliphatic rings. The molecule has 3 aromatic rings. The van der Waals surface area contributed by atoms with Crippen molar-refractivity contribution in [3.05, 3.63) is 81.3 Å². The Kier molecular flexibility index (Phi) is 6.98. The van der Waals surface area contributed by atoms with Gasteiger partial charge in [0, 0.05) is 22.7 Å². The summed E-state index contributed by atoms with van der Waals surface area (Å²) in [7, 11) is 1.32. The first-order valence-corrected chi connectivity index (χ1v) is 10.1. The molecule has 0 unspecified atom stereocenters. The first kappa shape index (κ1) is 21.3. The SMILES string of the molecule is COC(=O)c1ccc(C)c(NC(=O)/C=C/c2ccccc2OCc2csc(C)n2)c1. The molecule has 0 bridgehead atoms. The summed E-state index contributed by atoms with van der Waals surface area (Å²) in [5.41, 5.74) is 3.41. The number of para-hydroxylation sites is 1. The standard InChI is InChI=1S/C23H22N2O4S/c1-15-8-9-18(23(27)28-3)12-20(15)25-22(26)11-10-17-6-4-5-7-21(17)29-13-19-14-30-16(2)24-19/h4-12,14H,13H2,1-3H3,(H,25,26)/b11-10+. The Labute approximate surface area is 179 Å². The molecule has 0 radical (unpaired) electrons. The molecule has 2 aromatic carbocycles. The number of carbonyl (C=O) groups is 2. The number of aryl methyl sites for hydroxylation is 2. The third-order valence-electron chi connectivity index (χ3n) is 4.29. The van der Waals surface area contributed by atoms with Crippen LogP contribution in [-0.4, -0.2) is 24.0 Å². The summed E-state index contributed by atoms with van der Waals surface area (Å²) >= 11 is 1.58. The number of nitrogens with one attached hydrogen (secondary N) is 1. The van der Waals surface area contributed by atoms with Crippen LogP contribution >= 0.6 is 11.3 Å². The zero-order valence-electron chi connectivity index (χ0n) is 17.0. The van der Waals surface area contributed by atoms with E-state index < -0.39 is 5.97 Å². The molecule has 6 nitrogen and oxygen atoms in total. The van der Waals surface area contributed by atoms with E-state index in [1.165, 1.54) is 13.2 Å². The molecular formula is C23H22N2O4S. The number of esters is 1. The van der Waals surface area contributed by atoms with E-state index >= 15 is 0 Å². The topological polar surface area (TPSA) is 77.5 Å². The molecule has 0 atom stereocenters. The second kappa shape index (κ2) is 9.84. The van der Waals surface area contributed by atoms with Gasteiger partial charge in [-0.25, -0.2) is 9.78 Å². The fourth-order valence-corrected chi connectivity index (χ4v) is 3.31. The summed E-state index contributed by atoms with van der Waals surface area (Å²) in [6.45, 7) is 4.16. The molecule has 154 valence electrons. The molecule has 3 rings (SSSR count). The highest BCUT2D eigenvalue weighted by Gasteiger charge is 2.10. The van der Waals surface area contributed by atoms with Gasteiger partial charge >= 0.3 is 5.97 Å². The maximum absolute atomic E-state index is 12.4. The van der Waals surface area contributed by atoms with Gasteiger partial charge in [0.15, 0.2) is 0 Å². The molecule has 1 aromatic heterocycles. The summed E-state index contributed by atoms with van der Waals surface area (Å²) in [4.78, 5) is 28.5. The van der Waals surface area contributed by atoms with E-state index in [1.54, 1.807) is 35.6 Å². The van der Waals surface area contributed by atoms with E-state index in [-0.39, 0.29) is 5.91 Å². The molecule has 0 fully saturated rings.